The first-order chi connectivity index (χ1) is 9.86. The lowest BCUT2D eigenvalue weighted by Crippen LogP contribution is -2.43. The van der Waals surface area contributed by atoms with Gasteiger partial charge in [0.25, 0.3) is 0 Å². The van der Waals surface area contributed by atoms with Gasteiger partial charge in [0.15, 0.2) is 0 Å². The average molecular weight is 302 g/mol. The maximum absolute atomic E-state index is 12.6. The van der Waals surface area contributed by atoms with E-state index in [1.807, 2.05) is 6.92 Å². The van der Waals surface area contributed by atoms with Crippen LogP contribution in [0.15, 0.2) is 24.3 Å². The lowest BCUT2D eigenvalue weighted by atomic mass is 10.1. The van der Waals surface area contributed by atoms with Crippen molar-refractivity contribution in [2.24, 2.45) is 0 Å². The molecule has 0 aromatic heterocycles. The Morgan fingerprint density at radius 3 is 2.81 bits per heavy atom. The van der Waals surface area contributed by atoms with E-state index in [9.17, 15) is 18.0 Å². The predicted molar refractivity (Wildman–Crippen MR) is 72.0 cm³/mol. The number of ether oxygens (including phenoxy) is 1. The summed E-state index contributed by atoms with van der Waals surface area (Å²) in [5, 5.41) is 5.08. The van der Waals surface area contributed by atoms with E-state index < -0.39 is 17.8 Å². The molecule has 2 amide bonds. The SMILES string of the molecule is C[C@H](NC(=O)Nc1cccc(C(F)(F)F)c1)[C@@H]1CCCO1. The molecule has 2 N–H and O–H groups in total. The molecular formula is C14H17F3N2O2. The molecule has 1 aromatic rings. The molecule has 0 radical (unpaired) electrons. The monoisotopic (exact) mass is 302 g/mol. The zero-order valence-electron chi connectivity index (χ0n) is 11.5. The number of rotatable bonds is 3. The first-order valence-electron chi connectivity index (χ1n) is 6.72. The number of halogens is 3. The van der Waals surface area contributed by atoms with Crippen molar-refractivity contribution >= 4 is 11.7 Å². The largest absolute Gasteiger partial charge is 0.416 e. The molecule has 2 atom stereocenters. The van der Waals surface area contributed by atoms with Crippen molar-refractivity contribution in [1.82, 2.24) is 5.32 Å². The number of urea groups is 1. The third-order valence-corrected chi connectivity index (χ3v) is 3.33. The Bertz CT molecular complexity index is 499. The molecule has 0 spiro atoms. The molecule has 1 aliphatic rings. The van der Waals surface area contributed by atoms with Gasteiger partial charge in [0, 0.05) is 12.3 Å². The van der Waals surface area contributed by atoms with Gasteiger partial charge in [0.1, 0.15) is 0 Å². The number of hydrogen-bond donors (Lipinski definition) is 2. The standard InChI is InChI=1S/C14H17F3N2O2/c1-9(12-6-3-7-21-12)18-13(20)19-11-5-2-4-10(8-11)14(15,16)17/h2,4-5,8-9,12H,3,6-7H2,1H3,(H2,18,19,20)/t9-,12-/m0/s1. The Morgan fingerprint density at radius 1 is 1.43 bits per heavy atom. The number of carbonyl (C=O) groups is 1. The lowest BCUT2D eigenvalue weighted by molar-refractivity contribution is -0.137. The second-order valence-corrected chi connectivity index (χ2v) is 5.02. The molecule has 0 unspecified atom stereocenters. The van der Waals surface area contributed by atoms with Crippen molar-refractivity contribution < 1.29 is 22.7 Å². The summed E-state index contributed by atoms with van der Waals surface area (Å²) in [6.07, 6.45) is -2.66. The Kier molecular flexibility index (Phi) is 4.72. The lowest BCUT2D eigenvalue weighted by Gasteiger charge is -2.20. The number of alkyl halides is 3. The van der Waals surface area contributed by atoms with Crippen LogP contribution in [0.4, 0.5) is 23.7 Å². The fourth-order valence-electron chi connectivity index (χ4n) is 2.24. The third-order valence-electron chi connectivity index (χ3n) is 3.33. The Labute approximate surface area is 120 Å². The minimum absolute atomic E-state index is 0.0442. The Balaban J connectivity index is 1.93. The van der Waals surface area contributed by atoms with Gasteiger partial charge in [0.05, 0.1) is 17.7 Å². The van der Waals surface area contributed by atoms with E-state index in [0.29, 0.717) is 6.61 Å². The van der Waals surface area contributed by atoms with Crippen molar-refractivity contribution in [3.05, 3.63) is 29.8 Å². The molecule has 1 aliphatic heterocycles. The highest BCUT2D eigenvalue weighted by molar-refractivity contribution is 5.89. The number of hydrogen-bond acceptors (Lipinski definition) is 2. The molecule has 1 fully saturated rings. The molecular weight excluding hydrogens is 285 g/mol. The van der Waals surface area contributed by atoms with Crippen molar-refractivity contribution in [2.75, 3.05) is 11.9 Å². The van der Waals surface area contributed by atoms with Crippen LogP contribution in [0.1, 0.15) is 25.3 Å². The van der Waals surface area contributed by atoms with Crippen LogP contribution < -0.4 is 10.6 Å². The smallest absolute Gasteiger partial charge is 0.376 e. The van der Waals surface area contributed by atoms with Gasteiger partial charge in [-0.15, -0.1) is 0 Å². The minimum atomic E-state index is -4.43. The van der Waals surface area contributed by atoms with E-state index in [4.69, 9.17) is 4.74 Å². The summed E-state index contributed by atoms with van der Waals surface area (Å²) in [7, 11) is 0. The quantitative estimate of drug-likeness (QED) is 0.899. The molecule has 21 heavy (non-hydrogen) atoms. The number of amides is 2. The summed E-state index contributed by atoms with van der Waals surface area (Å²) in [5.74, 6) is 0. The highest BCUT2D eigenvalue weighted by Gasteiger charge is 2.30. The van der Waals surface area contributed by atoms with Crippen molar-refractivity contribution in [1.29, 1.82) is 0 Å². The zero-order valence-corrected chi connectivity index (χ0v) is 11.5. The molecule has 1 saturated heterocycles. The van der Waals surface area contributed by atoms with Crippen molar-refractivity contribution in [2.45, 2.75) is 38.1 Å². The van der Waals surface area contributed by atoms with Crippen molar-refractivity contribution in [3.8, 4) is 0 Å². The third kappa shape index (κ3) is 4.35. The van der Waals surface area contributed by atoms with Gasteiger partial charge in [-0.25, -0.2) is 4.79 Å². The summed E-state index contributed by atoms with van der Waals surface area (Å²) in [6, 6.07) is 3.78. The first kappa shape index (κ1) is 15.6. The Hall–Kier alpha value is -1.76. The van der Waals surface area contributed by atoms with Gasteiger partial charge in [0.2, 0.25) is 0 Å². The summed E-state index contributed by atoms with van der Waals surface area (Å²) < 4.78 is 43.2. The predicted octanol–water partition coefficient (Wildman–Crippen LogP) is 3.39. The summed E-state index contributed by atoms with van der Waals surface area (Å²) in [6.45, 7) is 2.48. The fraction of sp³-hybridized carbons (Fsp3) is 0.500. The number of benzene rings is 1. The van der Waals surface area contributed by atoms with Gasteiger partial charge in [-0.2, -0.15) is 13.2 Å². The van der Waals surface area contributed by atoms with Crippen LogP contribution in [0.5, 0.6) is 0 Å². The van der Waals surface area contributed by atoms with E-state index in [1.54, 1.807) is 0 Å². The van der Waals surface area contributed by atoms with E-state index in [-0.39, 0.29) is 17.8 Å². The van der Waals surface area contributed by atoms with Gasteiger partial charge in [-0.3, -0.25) is 0 Å². The molecule has 4 nitrogen and oxygen atoms in total. The van der Waals surface area contributed by atoms with Gasteiger partial charge >= 0.3 is 12.2 Å². The van der Waals surface area contributed by atoms with Gasteiger partial charge in [-0.1, -0.05) is 6.07 Å². The van der Waals surface area contributed by atoms with Gasteiger partial charge in [-0.05, 0) is 38.0 Å². The maximum atomic E-state index is 12.6. The normalized spacial score (nSPS) is 20.1. The van der Waals surface area contributed by atoms with Crippen LogP contribution in [0.3, 0.4) is 0 Å². The highest BCUT2D eigenvalue weighted by Crippen LogP contribution is 2.30. The maximum Gasteiger partial charge on any atom is 0.416 e. The molecule has 7 heteroatoms. The van der Waals surface area contributed by atoms with Crippen molar-refractivity contribution in [3.63, 3.8) is 0 Å². The second-order valence-electron chi connectivity index (χ2n) is 5.02. The van der Waals surface area contributed by atoms with E-state index >= 15 is 0 Å². The molecule has 0 aliphatic carbocycles. The molecule has 2 rings (SSSR count). The van der Waals surface area contributed by atoms with Crippen LogP contribution in [0.25, 0.3) is 0 Å². The summed E-state index contributed by atoms with van der Waals surface area (Å²) in [5.41, 5.74) is -0.700. The van der Waals surface area contributed by atoms with E-state index in [1.165, 1.54) is 12.1 Å². The van der Waals surface area contributed by atoms with Gasteiger partial charge < -0.3 is 15.4 Å². The molecule has 1 aromatic carbocycles. The number of carbonyl (C=O) groups excluding carboxylic acids is 1. The zero-order chi connectivity index (χ0) is 15.5. The van der Waals surface area contributed by atoms with E-state index in [0.717, 1.165) is 25.0 Å². The first-order valence-corrected chi connectivity index (χ1v) is 6.72. The Morgan fingerprint density at radius 2 is 2.19 bits per heavy atom. The topological polar surface area (TPSA) is 50.4 Å². The highest BCUT2D eigenvalue weighted by atomic mass is 19.4. The molecule has 0 bridgehead atoms. The second kappa shape index (κ2) is 6.34. The fourth-order valence-corrected chi connectivity index (χ4v) is 2.24. The molecule has 1 heterocycles. The van der Waals surface area contributed by atoms with Crippen LogP contribution in [0.2, 0.25) is 0 Å². The minimum Gasteiger partial charge on any atom is -0.376 e. The van der Waals surface area contributed by atoms with Crippen LogP contribution in [0, 0.1) is 0 Å². The number of anilines is 1. The molecule has 0 saturated carbocycles. The van der Waals surface area contributed by atoms with Crippen LogP contribution in [-0.2, 0) is 10.9 Å². The summed E-state index contributed by atoms with van der Waals surface area (Å²) in [4.78, 5) is 11.8. The summed E-state index contributed by atoms with van der Waals surface area (Å²) >= 11 is 0. The van der Waals surface area contributed by atoms with E-state index in [2.05, 4.69) is 10.6 Å². The molecule has 116 valence electrons. The van der Waals surface area contributed by atoms with Crippen LogP contribution in [-0.4, -0.2) is 24.8 Å². The average Bonchev–Trinajstić information content (AvgIpc) is 2.91. The number of nitrogens with one attached hydrogen (secondary N) is 2. The van der Waals surface area contributed by atoms with Crippen LogP contribution >= 0.6 is 0 Å².